The first kappa shape index (κ1) is 29.2. The molecule has 0 bridgehead atoms. The highest BCUT2D eigenvalue weighted by molar-refractivity contribution is 7.92. The Morgan fingerprint density at radius 1 is 1.10 bits per heavy atom. The van der Waals surface area contributed by atoms with Crippen LogP contribution >= 0.6 is 23.2 Å². The number of alkyl halides is 2. The summed E-state index contributed by atoms with van der Waals surface area (Å²) in [7, 11) is -0.803. The van der Waals surface area contributed by atoms with Crippen molar-refractivity contribution in [1.82, 2.24) is 19.8 Å². The van der Waals surface area contributed by atoms with Gasteiger partial charge < -0.3 is 5.11 Å². The quantitative estimate of drug-likeness (QED) is 0.218. The molecule has 9 nitrogen and oxygen atoms in total. The van der Waals surface area contributed by atoms with E-state index in [1.54, 1.807) is 55.7 Å². The molecule has 13 heteroatoms. The Morgan fingerprint density at radius 3 is 2.41 bits per heavy atom. The van der Waals surface area contributed by atoms with Gasteiger partial charge in [0, 0.05) is 48.6 Å². The van der Waals surface area contributed by atoms with Crippen LogP contribution in [0.4, 0.5) is 4.39 Å². The number of hydroxylamine groups is 2. The van der Waals surface area contributed by atoms with Gasteiger partial charge in [-0.15, -0.1) is 11.6 Å². The van der Waals surface area contributed by atoms with Gasteiger partial charge in [-0.25, -0.2) is 12.8 Å². The average Bonchev–Trinajstić information content (AvgIpc) is 3.47. The van der Waals surface area contributed by atoms with E-state index in [-0.39, 0.29) is 28.9 Å². The third-order valence-electron chi connectivity index (χ3n) is 6.95. The molecule has 1 aliphatic rings. The Balaban J connectivity index is 1.68. The number of aromatic nitrogens is 3. The minimum absolute atomic E-state index is 0.0233. The number of aliphatic hydroxyl groups excluding tert-OH is 1. The van der Waals surface area contributed by atoms with Gasteiger partial charge in [0.05, 0.1) is 23.3 Å². The molecule has 0 saturated carbocycles. The van der Waals surface area contributed by atoms with Crippen LogP contribution in [0.15, 0.2) is 71.9 Å². The second-order valence-electron chi connectivity index (χ2n) is 9.57. The lowest BCUT2D eigenvalue weighted by molar-refractivity contribution is -0.244. The number of aryl methyl sites for hydroxylation is 1. The first-order valence-electron chi connectivity index (χ1n) is 12.4. The molecule has 3 heterocycles. The first-order valence-corrected chi connectivity index (χ1v) is 15.0. The molecule has 0 fully saturated rings. The summed E-state index contributed by atoms with van der Waals surface area (Å²) < 4.78 is 43.2. The summed E-state index contributed by atoms with van der Waals surface area (Å²) in [6, 6.07) is 14.4. The van der Waals surface area contributed by atoms with E-state index in [0.717, 1.165) is 7.11 Å². The SMILES string of the molecule is CON1C(=O)c2ccc(Cc3ccc(S(=O)(=O)CCl)cn3)c(-c3ccc(Cl)cc3)c2[C@@]1(F)C(O)Cc1ccn(C)n1. The molecular formula is C28H25Cl2FN4O5S. The van der Waals surface area contributed by atoms with Gasteiger partial charge in [-0.05, 0) is 53.1 Å². The zero-order valence-corrected chi connectivity index (χ0v) is 24.3. The van der Waals surface area contributed by atoms with Gasteiger partial charge in [0.1, 0.15) is 11.3 Å². The number of hydrogen-bond donors (Lipinski definition) is 1. The van der Waals surface area contributed by atoms with Gasteiger partial charge in [0.2, 0.25) is 0 Å². The van der Waals surface area contributed by atoms with Crippen LogP contribution in [-0.4, -0.2) is 57.7 Å². The van der Waals surface area contributed by atoms with Gasteiger partial charge in [-0.2, -0.15) is 10.2 Å². The lowest BCUT2D eigenvalue weighted by atomic mass is 9.84. The predicted octanol–water partition coefficient (Wildman–Crippen LogP) is 4.44. The van der Waals surface area contributed by atoms with Gasteiger partial charge in [0.25, 0.3) is 11.7 Å². The molecule has 0 aliphatic carbocycles. The van der Waals surface area contributed by atoms with Gasteiger partial charge in [-0.1, -0.05) is 29.8 Å². The van der Waals surface area contributed by atoms with Crippen molar-refractivity contribution in [2.45, 2.75) is 29.6 Å². The van der Waals surface area contributed by atoms with Gasteiger partial charge in [-0.3, -0.25) is 19.3 Å². The zero-order chi connectivity index (χ0) is 29.5. The monoisotopic (exact) mass is 618 g/mol. The van der Waals surface area contributed by atoms with Crippen molar-refractivity contribution in [3.63, 3.8) is 0 Å². The van der Waals surface area contributed by atoms with E-state index < -0.39 is 32.9 Å². The fraction of sp³-hybridized carbons (Fsp3) is 0.250. The highest BCUT2D eigenvalue weighted by Gasteiger charge is 2.58. The number of carbonyl (C=O) groups is 1. The average molecular weight is 620 g/mol. The second kappa shape index (κ2) is 11.1. The Kier molecular flexibility index (Phi) is 7.92. The molecule has 1 amide bonds. The summed E-state index contributed by atoms with van der Waals surface area (Å²) in [5, 5.41) is 16.0. The van der Waals surface area contributed by atoms with Crippen LogP contribution in [0, 0.1) is 0 Å². The van der Waals surface area contributed by atoms with Crippen LogP contribution in [0.1, 0.15) is 32.9 Å². The van der Waals surface area contributed by atoms with E-state index in [1.165, 1.54) is 23.0 Å². The number of aliphatic hydroxyl groups is 1. The Labute approximate surface area is 246 Å². The number of fused-ring (bicyclic) bond motifs is 1. The number of rotatable bonds is 9. The summed E-state index contributed by atoms with van der Waals surface area (Å²) in [5.41, 5.74) is 2.35. The highest BCUT2D eigenvalue weighted by Crippen LogP contribution is 2.49. The number of amides is 1. The van der Waals surface area contributed by atoms with Crippen molar-refractivity contribution in [2.75, 3.05) is 12.3 Å². The van der Waals surface area contributed by atoms with Crippen LogP contribution in [0.2, 0.25) is 5.02 Å². The molecule has 0 radical (unpaired) electrons. The lowest BCUT2D eigenvalue weighted by Crippen LogP contribution is -2.49. The molecule has 5 rings (SSSR count). The summed E-state index contributed by atoms with van der Waals surface area (Å²) in [4.78, 5) is 22.9. The Morgan fingerprint density at radius 2 is 1.83 bits per heavy atom. The van der Waals surface area contributed by atoms with E-state index >= 15 is 4.39 Å². The van der Waals surface area contributed by atoms with Crippen LogP contribution in [0.3, 0.4) is 0 Å². The van der Waals surface area contributed by atoms with E-state index in [2.05, 4.69) is 10.1 Å². The number of nitrogens with zero attached hydrogens (tertiary/aromatic N) is 4. The number of pyridine rings is 1. The number of hydrogen-bond acceptors (Lipinski definition) is 7. The topological polar surface area (TPSA) is 115 Å². The largest absolute Gasteiger partial charge is 0.387 e. The molecule has 2 atom stereocenters. The van der Waals surface area contributed by atoms with Crippen molar-refractivity contribution in [2.24, 2.45) is 7.05 Å². The Hall–Kier alpha value is -3.35. The number of halogens is 3. The standard InChI is InChI=1S/C28H25Cl2FN4O5S/c1-34-12-11-21(33-34)14-24(36)28(31)26-23(27(37)35(28)40-2)10-5-18(25(26)17-3-6-19(30)7-4-17)13-20-8-9-22(15-32-20)41(38,39)16-29/h3-12,15,24,36H,13-14,16H2,1-2H3/t24?,28-/m1/s1. The number of carbonyl (C=O) groups excluding carboxylic acids is 1. The Bertz CT molecular complexity index is 1710. The van der Waals surface area contributed by atoms with Crippen molar-refractivity contribution in [3.8, 4) is 11.1 Å². The molecule has 1 aliphatic heterocycles. The molecule has 2 aromatic carbocycles. The normalized spacial score (nSPS) is 17.6. The smallest absolute Gasteiger partial charge is 0.281 e. The fourth-order valence-electron chi connectivity index (χ4n) is 5.02. The summed E-state index contributed by atoms with van der Waals surface area (Å²) in [5.74, 6) is -3.53. The molecule has 1 unspecified atom stereocenters. The second-order valence-corrected chi connectivity index (χ2v) is 12.6. The molecular weight excluding hydrogens is 594 g/mol. The first-order chi connectivity index (χ1) is 19.5. The van der Waals surface area contributed by atoms with Crippen LogP contribution in [0.5, 0.6) is 0 Å². The van der Waals surface area contributed by atoms with Crippen LogP contribution in [0.25, 0.3) is 11.1 Å². The van der Waals surface area contributed by atoms with Crippen molar-refractivity contribution < 1.29 is 27.5 Å². The van der Waals surface area contributed by atoms with E-state index in [1.807, 2.05) is 0 Å². The summed E-state index contributed by atoms with van der Waals surface area (Å²) in [6.45, 7) is 0. The van der Waals surface area contributed by atoms with E-state index in [0.29, 0.717) is 38.2 Å². The molecule has 0 saturated heterocycles. The minimum atomic E-state index is -3.67. The summed E-state index contributed by atoms with van der Waals surface area (Å²) in [6.07, 6.45) is 1.09. The molecule has 41 heavy (non-hydrogen) atoms. The maximum atomic E-state index is 17.4. The van der Waals surface area contributed by atoms with Gasteiger partial charge >= 0.3 is 0 Å². The molecule has 214 valence electrons. The minimum Gasteiger partial charge on any atom is -0.387 e. The van der Waals surface area contributed by atoms with Crippen molar-refractivity contribution in [1.29, 1.82) is 0 Å². The fourth-order valence-corrected chi connectivity index (χ4v) is 6.14. The highest BCUT2D eigenvalue weighted by atomic mass is 35.5. The molecule has 1 N–H and O–H groups in total. The number of sulfone groups is 1. The zero-order valence-electron chi connectivity index (χ0n) is 22.0. The van der Waals surface area contributed by atoms with E-state index in [4.69, 9.17) is 28.0 Å². The lowest BCUT2D eigenvalue weighted by Gasteiger charge is -2.34. The maximum absolute atomic E-state index is 17.4. The summed E-state index contributed by atoms with van der Waals surface area (Å²) >= 11 is 11.7. The molecule has 0 spiro atoms. The third-order valence-corrected chi connectivity index (χ3v) is 9.31. The molecule has 4 aromatic rings. The van der Waals surface area contributed by atoms with Crippen LogP contribution < -0.4 is 0 Å². The number of benzene rings is 2. The maximum Gasteiger partial charge on any atom is 0.281 e. The van der Waals surface area contributed by atoms with Crippen molar-refractivity contribution >= 4 is 38.9 Å². The third kappa shape index (κ3) is 5.24. The van der Waals surface area contributed by atoms with E-state index in [9.17, 15) is 18.3 Å². The van der Waals surface area contributed by atoms with Crippen molar-refractivity contribution in [3.05, 3.63) is 100 Å². The van der Waals surface area contributed by atoms with Gasteiger partial charge in [0.15, 0.2) is 9.84 Å². The van der Waals surface area contributed by atoms with Crippen LogP contribution in [-0.2, 0) is 40.4 Å². The molecule has 2 aromatic heterocycles. The predicted molar refractivity (Wildman–Crippen MR) is 151 cm³/mol.